The summed E-state index contributed by atoms with van der Waals surface area (Å²) in [6, 6.07) is 5.69. The van der Waals surface area contributed by atoms with Crippen molar-refractivity contribution in [1.82, 2.24) is 9.38 Å². The fraction of sp³-hybridized carbons (Fsp3) is 0.235. The second kappa shape index (κ2) is 6.52. The van der Waals surface area contributed by atoms with Crippen LogP contribution in [0.1, 0.15) is 23.9 Å². The van der Waals surface area contributed by atoms with Gasteiger partial charge in [-0.15, -0.1) is 11.3 Å². The fourth-order valence-corrected chi connectivity index (χ4v) is 3.47. The number of nitrogens with zero attached hydrogens (tertiary/aromatic N) is 2. The predicted octanol–water partition coefficient (Wildman–Crippen LogP) is 2.95. The summed E-state index contributed by atoms with van der Waals surface area (Å²) in [5.41, 5.74) is 1.93. The van der Waals surface area contributed by atoms with Crippen LogP contribution in [0.2, 0.25) is 0 Å². The molecule has 3 rings (SSSR count). The van der Waals surface area contributed by atoms with Gasteiger partial charge >= 0.3 is 0 Å². The first-order valence-corrected chi connectivity index (χ1v) is 8.41. The Kier molecular flexibility index (Phi) is 4.44. The van der Waals surface area contributed by atoms with E-state index in [0.717, 1.165) is 5.69 Å². The van der Waals surface area contributed by atoms with Gasteiger partial charge in [0.05, 0.1) is 12.1 Å². The van der Waals surface area contributed by atoms with E-state index < -0.39 is 0 Å². The van der Waals surface area contributed by atoms with E-state index in [1.807, 2.05) is 12.3 Å². The number of amides is 1. The Morgan fingerprint density at radius 2 is 2.04 bits per heavy atom. The minimum Gasteiger partial charge on any atom is -0.320 e. The highest BCUT2D eigenvalue weighted by atomic mass is 32.1. The number of aromatic nitrogens is 2. The molecule has 0 aliphatic carbocycles. The van der Waals surface area contributed by atoms with Crippen LogP contribution in [0.4, 0.5) is 10.1 Å². The number of anilines is 1. The lowest BCUT2D eigenvalue weighted by Gasteiger charge is -2.09. The Morgan fingerprint density at radius 3 is 2.71 bits per heavy atom. The second-order valence-electron chi connectivity index (χ2n) is 5.43. The number of halogens is 1. The fourth-order valence-electron chi connectivity index (χ4n) is 2.47. The van der Waals surface area contributed by atoms with E-state index in [4.69, 9.17) is 0 Å². The highest BCUT2D eigenvalue weighted by Crippen LogP contribution is 2.17. The molecule has 2 aromatic heterocycles. The van der Waals surface area contributed by atoms with E-state index in [1.165, 1.54) is 27.9 Å². The van der Waals surface area contributed by atoms with Gasteiger partial charge in [-0.1, -0.05) is 19.1 Å². The van der Waals surface area contributed by atoms with E-state index in [-0.39, 0.29) is 29.4 Å². The van der Waals surface area contributed by atoms with Crippen molar-refractivity contribution in [2.24, 2.45) is 0 Å². The molecule has 1 N–H and O–H groups in total. The SMILES string of the molecule is CCc1csc2nc(C)c(NC(=O)Cc3ccc(F)cc3)c(=O)n12. The van der Waals surface area contributed by atoms with Crippen LogP contribution in [0.25, 0.3) is 4.96 Å². The van der Waals surface area contributed by atoms with Gasteiger partial charge in [-0.2, -0.15) is 0 Å². The van der Waals surface area contributed by atoms with E-state index in [9.17, 15) is 14.0 Å². The molecule has 1 aromatic carbocycles. The van der Waals surface area contributed by atoms with E-state index >= 15 is 0 Å². The largest absolute Gasteiger partial charge is 0.320 e. The van der Waals surface area contributed by atoms with E-state index in [0.29, 0.717) is 22.6 Å². The first-order valence-electron chi connectivity index (χ1n) is 7.53. The molecular formula is C17H16FN3O2S. The first kappa shape index (κ1) is 16.3. The third kappa shape index (κ3) is 3.07. The number of carbonyl (C=O) groups is 1. The molecule has 24 heavy (non-hydrogen) atoms. The third-order valence-corrected chi connectivity index (χ3v) is 4.60. The first-order chi connectivity index (χ1) is 11.5. The quantitative estimate of drug-likeness (QED) is 0.791. The number of nitrogens with one attached hydrogen (secondary N) is 1. The normalized spacial score (nSPS) is 11.0. The molecule has 0 saturated carbocycles. The van der Waals surface area contributed by atoms with Gasteiger partial charge in [-0.05, 0) is 31.0 Å². The summed E-state index contributed by atoms with van der Waals surface area (Å²) in [6.45, 7) is 3.65. The molecule has 5 nitrogen and oxygen atoms in total. The molecule has 0 saturated heterocycles. The van der Waals surface area contributed by atoms with Crippen LogP contribution in [0.5, 0.6) is 0 Å². The lowest BCUT2D eigenvalue weighted by molar-refractivity contribution is -0.115. The lowest BCUT2D eigenvalue weighted by Crippen LogP contribution is -2.26. The summed E-state index contributed by atoms with van der Waals surface area (Å²) in [4.78, 5) is 29.9. The maximum absolute atomic E-state index is 12.9. The molecule has 3 aromatic rings. The number of thiazole rings is 1. The van der Waals surface area contributed by atoms with Crippen LogP contribution in [0.3, 0.4) is 0 Å². The van der Waals surface area contributed by atoms with Crippen LogP contribution in [-0.2, 0) is 17.6 Å². The van der Waals surface area contributed by atoms with Crippen molar-refractivity contribution in [1.29, 1.82) is 0 Å². The summed E-state index contributed by atoms with van der Waals surface area (Å²) in [5.74, 6) is -0.690. The number of fused-ring (bicyclic) bond motifs is 1. The van der Waals surface area contributed by atoms with Crippen LogP contribution in [0, 0.1) is 12.7 Å². The minimum absolute atomic E-state index is 0.0616. The Morgan fingerprint density at radius 1 is 1.33 bits per heavy atom. The van der Waals surface area contributed by atoms with Crippen LogP contribution in [-0.4, -0.2) is 15.3 Å². The zero-order chi connectivity index (χ0) is 17.3. The summed E-state index contributed by atoms with van der Waals surface area (Å²) < 4.78 is 14.4. The molecule has 0 aliphatic rings. The predicted molar refractivity (Wildman–Crippen MR) is 92.2 cm³/mol. The van der Waals surface area contributed by atoms with Gasteiger partial charge in [0.2, 0.25) is 5.91 Å². The average Bonchev–Trinajstić information content (AvgIpc) is 2.96. The highest BCUT2D eigenvalue weighted by Gasteiger charge is 2.15. The summed E-state index contributed by atoms with van der Waals surface area (Å²) in [5, 5.41) is 4.55. The maximum Gasteiger partial charge on any atom is 0.282 e. The molecule has 0 fully saturated rings. The van der Waals surface area contributed by atoms with Gasteiger partial charge in [-0.25, -0.2) is 9.37 Å². The summed E-state index contributed by atoms with van der Waals surface area (Å²) >= 11 is 1.40. The van der Waals surface area contributed by atoms with E-state index in [2.05, 4.69) is 10.3 Å². The molecule has 0 radical (unpaired) electrons. The molecule has 0 spiro atoms. The van der Waals surface area contributed by atoms with Crippen molar-refractivity contribution in [3.8, 4) is 0 Å². The number of rotatable bonds is 4. The molecule has 1 amide bonds. The van der Waals surface area contributed by atoms with Gasteiger partial charge in [0, 0.05) is 11.1 Å². The average molecular weight is 345 g/mol. The Hall–Kier alpha value is -2.54. The van der Waals surface area contributed by atoms with Crippen LogP contribution >= 0.6 is 11.3 Å². The van der Waals surface area contributed by atoms with Crippen molar-refractivity contribution in [3.63, 3.8) is 0 Å². The van der Waals surface area contributed by atoms with Gasteiger partial charge in [0.25, 0.3) is 5.56 Å². The number of aryl methyl sites for hydroxylation is 2. The van der Waals surface area contributed by atoms with Gasteiger partial charge in [0.1, 0.15) is 11.5 Å². The van der Waals surface area contributed by atoms with Crippen molar-refractivity contribution < 1.29 is 9.18 Å². The highest BCUT2D eigenvalue weighted by molar-refractivity contribution is 7.15. The summed E-state index contributed by atoms with van der Waals surface area (Å²) in [6.07, 6.45) is 0.764. The van der Waals surface area contributed by atoms with Crippen molar-refractivity contribution in [2.75, 3.05) is 5.32 Å². The van der Waals surface area contributed by atoms with Gasteiger partial charge < -0.3 is 5.32 Å². The zero-order valence-electron chi connectivity index (χ0n) is 13.3. The standard InChI is InChI=1S/C17H16FN3O2S/c1-3-13-9-24-17-19-10(2)15(16(23)21(13)17)20-14(22)8-11-4-6-12(18)7-5-11/h4-7,9H,3,8H2,1-2H3,(H,20,22). The summed E-state index contributed by atoms with van der Waals surface area (Å²) in [7, 11) is 0. The monoisotopic (exact) mass is 345 g/mol. The molecule has 7 heteroatoms. The van der Waals surface area contributed by atoms with Gasteiger partial charge in [0.15, 0.2) is 4.96 Å². The van der Waals surface area contributed by atoms with Crippen LogP contribution in [0.15, 0.2) is 34.4 Å². The van der Waals surface area contributed by atoms with Gasteiger partial charge in [-0.3, -0.25) is 14.0 Å². The zero-order valence-corrected chi connectivity index (χ0v) is 14.1. The number of benzene rings is 1. The topological polar surface area (TPSA) is 63.5 Å². The lowest BCUT2D eigenvalue weighted by atomic mass is 10.1. The van der Waals surface area contributed by atoms with E-state index in [1.54, 1.807) is 19.1 Å². The number of hydrogen-bond acceptors (Lipinski definition) is 4. The molecule has 124 valence electrons. The molecule has 0 unspecified atom stereocenters. The Labute approximate surface area is 141 Å². The smallest absolute Gasteiger partial charge is 0.282 e. The molecule has 0 bridgehead atoms. The molecular weight excluding hydrogens is 329 g/mol. The molecule has 0 aliphatic heterocycles. The van der Waals surface area contributed by atoms with Crippen LogP contribution < -0.4 is 10.9 Å². The number of hydrogen-bond donors (Lipinski definition) is 1. The Balaban J connectivity index is 1.90. The Bertz CT molecular complexity index is 960. The second-order valence-corrected chi connectivity index (χ2v) is 6.26. The van der Waals surface area contributed by atoms with Crippen molar-refractivity contribution in [2.45, 2.75) is 26.7 Å². The van der Waals surface area contributed by atoms with Crippen molar-refractivity contribution >= 4 is 27.9 Å². The third-order valence-electron chi connectivity index (χ3n) is 3.73. The maximum atomic E-state index is 12.9. The molecule has 0 atom stereocenters. The number of carbonyl (C=O) groups excluding carboxylic acids is 1. The molecule has 2 heterocycles. The van der Waals surface area contributed by atoms with Crippen molar-refractivity contribution in [3.05, 3.63) is 62.8 Å². The minimum atomic E-state index is -0.354.